The second-order valence-corrected chi connectivity index (χ2v) is 7.95. The van der Waals surface area contributed by atoms with Crippen molar-refractivity contribution in [3.05, 3.63) is 17.5 Å². The van der Waals surface area contributed by atoms with Gasteiger partial charge in [-0.05, 0) is 17.5 Å². The molecule has 0 bridgehead atoms. The zero-order chi connectivity index (χ0) is 18.9. The first-order valence-corrected chi connectivity index (χ1v) is 9.56. The maximum absolute atomic E-state index is 12.7. The van der Waals surface area contributed by atoms with Crippen LogP contribution >= 0.6 is 23.1 Å². The highest BCUT2D eigenvalue weighted by Crippen LogP contribution is 2.44. The molecule has 3 atom stereocenters. The molecule has 3 amide bonds. The molecule has 1 aromatic rings. The van der Waals surface area contributed by atoms with E-state index in [1.165, 1.54) is 39.8 Å². The number of amides is 3. The molecule has 11 heteroatoms. The molecule has 0 radical (unpaired) electrons. The largest absolute Gasteiger partial charge is 0.480 e. The minimum atomic E-state index is -1.39. The lowest BCUT2D eigenvalue weighted by Gasteiger charge is -2.55. The Morgan fingerprint density at radius 1 is 1.54 bits per heavy atom. The van der Waals surface area contributed by atoms with Crippen molar-refractivity contribution in [1.29, 1.82) is 0 Å². The monoisotopic (exact) mass is 396 g/mol. The smallest absolute Gasteiger partial charge is 0.317 e. The molecule has 3 heterocycles. The van der Waals surface area contributed by atoms with Crippen molar-refractivity contribution >= 4 is 58.5 Å². The third-order valence-electron chi connectivity index (χ3n) is 4.30. The van der Waals surface area contributed by atoms with Gasteiger partial charge in [0.1, 0.15) is 16.8 Å². The van der Waals surface area contributed by atoms with Crippen molar-refractivity contribution in [3.63, 3.8) is 0 Å². The van der Waals surface area contributed by atoms with Gasteiger partial charge < -0.3 is 10.0 Å². The fourth-order valence-corrected chi connectivity index (χ4v) is 5.37. The second kappa shape index (κ2) is 7.08. The Balaban J connectivity index is 1.82. The number of carbonyl (C=O) groups excluding carboxylic acids is 3. The van der Waals surface area contributed by atoms with Crippen LogP contribution in [0.25, 0.3) is 0 Å². The molecule has 2 aliphatic rings. The standard InChI is InChI=1S/C15H16N4O5S2/c1-9(21)19(10-3-2-4-25-10)11-12(22)18-6-15(14(23)24,5-16-17-8-20)7-26-13(11)18/h2-5,8,11,13H,6-7H2,1H3,(H,17,20)(H,23,24)/t11?,13-,15?/m1/s1. The third-order valence-corrected chi connectivity index (χ3v) is 6.71. The van der Waals surface area contributed by atoms with Crippen molar-refractivity contribution < 1.29 is 24.3 Å². The number of hydrogen-bond donors (Lipinski definition) is 2. The number of nitrogens with one attached hydrogen (secondary N) is 1. The molecule has 1 aromatic heterocycles. The van der Waals surface area contributed by atoms with Gasteiger partial charge in [-0.2, -0.15) is 5.10 Å². The number of aliphatic carboxylic acids is 1. The van der Waals surface area contributed by atoms with Crippen LogP contribution in [-0.2, 0) is 19.2 Å². The van der Waals surface area contributed by atoms with Gasteiger partial charge in [0.15, 0.2) is 0 Å². The normalized spacial score (nSPS) is 27.6. The van der Waals surface area contributed by atoms with Crippen LogP contribution in [0.3, 0.4) is 0 Å². The molecule has 2 saturated heterocycles. The van der Waals surface area contributed by atoms with Crippen LogP contribution in [-0.4, -0.2) is 64.1 Å². The van der Waals surface area contributed by atoms with E-state index in [-0.39, 0.29) is 29.5 Å². The van der Waals surface area contributed by atoms with Crippen molar-refractivity contribution in [2.75, 3.05) is 17.2 Å². The Bertz CT molecular complexity index is 768. The molecule has 9 nitrogen and oxygen atoms in total. The van der Waals surface area contributed by atoms with Crippen molar-refractivity contribution in [2.24, 2.45) is 10.5 Å². The summed E-state index contributed by atoms with van der Waals surface area (Å²) in [4.78, 5) is 49.8. The van der Waals surface area contributed by atoms with Gasteiger partial charge in [0.05, 0.1) is 5.00 Å². The SMILES string of the molecule is CC(=O)N(c1cccs1)C1C(=O)N2CC(C=NNC=O)(C(=O)O)CS[C@H]12. The van der Waals surface area contributed by atoms with Crippen LogP contribution in [0, 0.1) is 5.41 Å². The van der Waals surface area contributed by atoms with Crippen LogP contribution in [0.1, 0.15) is 6.92 Å². The van der Waals surface area contributed by atoms with Gasteiger partial charge in [0.25, 0.3) is 0 Å². The summed E-state index contributed by atoms with van der Waals surface area (Å²) in [5, 5.41) is 15.4. The Morgan fingerprint density at radius 3 is 2.88 bits per heavy atom. The maximum atomic E-state index is 12.7. The maximum Gasteiger partial charge on any atom is 0.317 e. The highest BCUT2D eigenvalue weighted by molar-refractivity contribution is 8.00. The molecule has 0 aromatic carbocycles. The lowest BCUT2D eigenvalue weighted by Crippen LogP contribution is -2.74. The first-order valence-electron chi connectivity index (χ1n) is 7.63. The van der Waals surface area contributed by atoms with Gasteiger partial charge in [-0.15, -0.1) is 23.1 Å². The number of β-lactam (4-membered cyclic amide) rings is 1. The summed E-state index contributed by atoms with van der Waals surface area (Å²) >= 11 is 2.65. The van der Waals surface area contributed by atoms with Crippen LogP contribution in [0.5, 0.6) is 0 Å². The Morgan fingerprint density at radius 2 is 2.31 bits per heavy atom. The van der Waals surface area contributed by atoms with E-state index >= 15 is 0 Å². The Kier molecular flexibility index (Phi) is 5.01. The van der Waals surface area contributed by atoms with Gasteiger partial charge in [0, 0.05) is 25.4 Å². The fourth-order valence-electron chi connectivity index (χ4n) is 3.03. The molecule has 2 aliphatic heterocycles. The minimum absolute atomic E-state index is 0.0600. The highest BCUT2D eigenvalue weighted by atomic mass is 32.2. The van der Waals surface area contributed by atoms with Crippen LogP contribution in [0.2, 0.25) is 0 Å². The molecule has 3 rings (SSSR count). The van der Waals surface area contributed by atoms with Crippen molar-refractivity contribution in [3.8, 4) is 0 Å². The van der Waals surface area contributed by atoms with Gasteiger partial charge in [-0.3, -0.25) is 29.5 Å². The Labute approximate surface area is 157 Å². The van der Waals surface area contributed by atoms with Gasteiger partial charge in [-0.1, -0.05) is 0 Å². The number of carboxylic acids is 1. The van der Waals surface area contributed by atoms with Crippen molar-refractivity contribution in [1.82, 2.24) is 10.3 Å². The molecule has 0 saturated carbocycles. The van der Waals surface area contributed by atoms with E-state index in [2.05, 4.69) is 10.5 Å². The van der Waals surface area contributed by atoms with Gasteiger partial charge in [0.2, 0.25) is 18.2 Å². The van der Waals surface area contributed by atoms with Crippen LogP contribution < -0.4 is 10.3 Å². The number of carboxylic acid groups (broad SMARTS) is 1. The summed E-state index contributed by atoms with van der Waals surface area (Å²) in [6.45, 7) is 1.35. The number of carbonyl (C=O) groups is 4. The number of anilines is 1. The third kappa shape index (κ3) is 2.97. The first-order chi connectivity index (χ1) is 12.4. The lowest BCUT2D eigenvalue weighted by atomic mass is 9.88. The predicted octanol–water partition coefficient (Wildman–Crippen LogP) is 0.188. The highest BCUT2D eigenvalue weighted by Gasteiger charge is 2.59. The number of hydrazone groups is 1. The first kappa shape index (κ1) is 18.4. The quantitative estimate of drug-likeness (QED) is 0.307. The molecule has 0 aliphatic carbocycles. The van der Waals surface area contributed by atoms with E-state index in [1.807, 2.05) is 5.38 Å². The summed E-state index contributed by atoms with van der Waals surface area (Å²) in [5.74, 6) is -1.49. The zero-order valence-corrected chi connectivity index (χ0v) is 15.3. The van der Waals surface area contributed by atoms with Crippen LogP contribution in [0.4, 0.5) is 5.00 Å². The van der Waals surface area contributed by atoms with E-state index in [0.29, 0.717) is 11.4 Å². The molecule has 2 fully saturated rings. The average Bonchev–Trinajstić information content (AvgIpc) is 3.13. The molecule has 2 unspecified atom stereocenters. The summed E-state index contributed by atoms with van der Waals surface area (Å²) < 4.78 is 0. The van der Waals surface area contributed by atoms with Crippen molar-refractivity contribution in [2.45, 2.75) is 18.3 Å². The summed E-state index contributed by atoms with van der Waals surface area (Å²) in [6, 6.07) is 2.93. The molecule has 26 heavy (non-hydrogen) atoms. The summed E-state index contributed by atoms with van der Waals surface area (Å²) in [5.41, 5.74) is 0.665. The van der Waals surface area contributed by atoms with E-state index in [0.717, 1.165) is 6.21 Å². The average molecular weight is 396 g/mol. The number of thioether (sulfide) groups is 1. The lowest BCUT2D eigenvalue weighted by molar-refractivity contribution is -0.153. The van der Waals surface area contributed by atoms with Gasteiger partial charge in [-0.25, -0.2) is 0 Å². The molecule has 138 valence electrons. The number of hydrogen-bond acceptors (Lipinski definition) is 7. The van der Waals surface area contributed by atoms with E-state index in [9.17, 15) is 24.3 Å². The topological polar surface area (TPSA) is 119 Å². The number of thiophene rings is 1. The zero-order valence-electron chi connectivity index (χ0n) is 13.7. The molecule has 0 spiro atoms. The second-order valence-electron chi connectivity index (χ2n) is 5.92. The Hall–Kier alpha value is -2.40. The van der Waals surface area contributed by atoms with E-state index in [1.54, 1.807) is 12.1 Å². The minimum Gasteiger partial charge on any atom is -0.480 e. The van der Waals surface area contributed by atoms with E-state index < -0.39 is 17.4 Å². The number of fused-ring (bicyclic) bond motifs is 1. The molecular formula is C15H16N4O5S2. The fraction of sp³-hybridized carbons (Fsp3) is 0.400. The van der Waals surface area contributed by atoms with Crippen LogP contribution in [0.15, 0.2) is 22.6 Å². The summed E-state index contributed by atoms with van der Waals surface area (Å²) in [6.07, 6.45) is 1.48. The summed E-state index contributed by atoms with van der Waals surface area (Å²) in [7, 11) is 0. The number of rotatable bonds is 6. The number of nitrogens with zero attached hydrogens (tertiary/aromatic N) is 3. The molecule has 2 N–H and O–H groups in total. The molecular weight excluding hydrogens is 380 g/mol. The van der Waals surface area contributed by atoms with E-state index in [4.69, 9.17) is 0 Å². The van der Waals surface area contributed by atoms with Gasteiger partial charge >= 0.3 is 5.97 Å². The predicted molar refractivity (Wildman–Crippen MR) is 97.0 cm³/mol.